The van der Waals surface area contributed by atoms with Crippen molar-refractivity contribution in [3.63, 3.8) is 0 Å². The number of amides is 1. The number of nitrogens with zero attached hydrogens (tertiary/aromatic N) is 2. The number of carbonyl (C=O) groups is 1. The number of methoxy groups -OCH3 is 1. The van der Waals surface area contributed by atoms with Crippen molar-refractivity contribution < 1.29 is 18.8 Å². The first-order valence-electron chi connectivity index (χ1n) is 7.54. The van der Waals surface area contributed by atoms with Gasteiger partial charge in [-0.15, -0.1) is 11.3 Å². The number of carbonyl (C=O) groups excluding carboxylic acids is 1. The molecule has 0 aliphatic heterocycles. The third kappa shape index (κ3) is 4.36. The largest absolute Gasteiger partial charge is 0.493 e. The van der Waals surface area contributed by atoms with Gasteiger partial charge in [0.05, 0.1) is 30.6 Å². The van der Waals surface area contributed by atoms with E-state index in [2.05, 4.69) is 15.5 Å². The average Bonchev–Trinajstić information content (AvgIpc) is 3.29. The maximum Gasteiger partial charge on any atom is 0.251 e. The molecule has 8 heteroatoms. The number of nitrogens with one attached hydrogen (secondary N) is 1. The van der Waals surface area contributed by atoms with Gasteiger partial charge < -0.3 is 19.3 Å². The summed E-state index contributed by atoms with van der Waals surface area (Å²) in [6, 6.07) is 6.80. The number of hydrogen-bond acceptors (Lipinski definition) is 7. The van der Waals surface area contributed by atoms with Crippen molar-refractivity contribution in [3.05, 3.63) is 57.9 Å². The van der Waals surface area contributed by atoms with E-state index in [0.29, 0.717) is 29.4 Å². The predicted octanol–water partition coefficient (Wildman–Crippen LogP) is 2.96. The molecule has 0 aliphatic rings. The standard InChI is InChI=1S/C17H17N3O4S/c1-11-5-14(24-20-11)7-18-17(21)12-3-4-15(16(6-12)22-2)23-8-13-9-25-10-19-13/h3-6,9-10H,7-8H2,1-2H3,(H,18,21). The molecule has 0 fully saturated rings. The molecule has 25 heavy (non-hydrogen) atoms. The lowest BCUT2D eigenvalue weighted by Crippen LogP contribution is -2.22. The van der Waals surface area contributed by atoms with E-state index >= 15 is 0 Å². The summed E-state index contributed by atoms with van der Waals surface area (Å²) in [5, 5.41) is 8.47. The van der Waals surface area contributed by atoms with E-state index in [4.69, 9.17) is 14.0 Å². The number of thiazole rings is 1. The molecule has 3 rings (SSSR count). The smallest absolute Gasteiger partial charge is 0.251 e. The lowest BCUT2D eigenvalue weighted by Gasteiger charge is -2.11. The van der Waals surface area contributed by atoms with Crippen LogP contribution in [0.2, 0.25) is 0 Å². The molecule has 0 aliphatic carbocycles. The van der Waals surface area contributed by atoms with Crippen molar-refractivity contribution in [1.29, 1.82) is 0 Å². The highest BCUT2D eigenvalue weighted by molar-refractivity contribution is 7.07. The summed E-state index contributed by atoms with van der Waals surface area (Å²) < 4.78 is 16.1. The Morgan fingerprint density at radius 2 is 2.20 bits per heavy atom. The van der Waals surface area contributed by atoms with Gasteiger partial charge in [-0.2, -0.15) is 0 Å². The van der Waals surface area contributed by atoms with Gasteiger partial charge in [0.25, 0.3) is 5.91 Å². The van der Waals surface area contributed by atoms with Crippen LogP contribution in [0, 0.1) is 6.92 Å². The Bertz CT molecular complexity index is 845. The third-order valence-electron chi connectivity index (χ3n) is 3.38. The third-order valence-corrected chi connectivity index (χ3v) is 4.02. The van der Waals surface area contributed by atoms with Crippen molar-refractivity contribution in [3.8, 4) is 11.5 Å². The van der Waals surface area contributed by atoms with Crippen LogP contribution >= 0.6 is 11.3 Å². The van der Waals surface area contributed by atoms with Gasteiger partial charge in [0, 0.05) is 17.0 Å². The summed E-state index contributed by atoms with van der Waals surface area (Å²) in [6.45, 7) is 2.43. The van der Waals surface area contributed by atoms with E-state index in [9.17, 15) is 4.79 Å². The van der Waals surface area contributed by atoms with Gasteiger partial charge in [-0.05, 0) is 25.1 Å². The molecular formula is C17H17N3O4S. The van der Waals surface area contributed by atoms with Gasteiger partial charge in [-0.1, -0.05) is 5.16 Å². The number of hydrogen-bond donors (Lipinski definition) is 1. The molecule has 0 saturated carbocycles. The van der Waals surface area contributed by atoms with Crippen molar-refractivity contribution in [2.24, 2.45) is 0 Å². The first kappa shape index (κ1) is 17.0. The monoisotopic (exact) mass is 359 g/mol. The van der Waals surface area contributed by atoms with E-state index in [1.807, 2.05) is 12.3 Å². The van der Waals surface area contributed by atoms with Gasteiger partial charge in [0.2, 0.25) is 0 Å². The molecule has 1 amide bonds. The molecule has 0 saturated heterocycles. The fourth-order valence-corrected chi connectivity index (χ4v) is 2.70. The number of rotatable bonds is 7. The molecule has 130 valence electrons. The van der Waals surface area contributed by atoms with Crippen LogP contribution in [0.15, 0.2) is 39.7 Å². The maximum atomic E-state index is 12.3. The first-order chi connectivity index (χ1) is 12.2. The van der Waals surface area contributed by atoms with Crippen molar-refractivity contribution in [1.82, 2.24) is 15.5 Å². The quantitative estimate of drug-likeness (QED) is 0.698. The average molecular weight is 359 g/mol. The van der Waals surface area contributed by atoms with Crippen LogP contribution in [0.4, 0.5) is 0 Å². The highest BCUT2D eigenvalue weighted by atomic mass is 32.1. The molecule has 7 nitrogen and oxygen atoms in total. The zero-order valence-corrected chi connectivity index (χ0v) is 14.6. The molecule has 3 aromatic rings. The van der Waals surface area contributed by atoms with E-state index in [0.717, 1.165) is 11.4 Å². The molecule has 2 heterocycles. The van der Waals surface area contributed by atoms with Crippen LogP contribution < -0.4 is 14.8 Å². The van der Waals surface area contributed by atoms with Gasteiger partial charge in [-0.25, -0.2) is 4.98 Å². The molecule has 1 aromatic carbocycles. The second-order valence-electron chi connectivity index (χ2n) is 5.25. The second-order valence-corrected chi connectivity index (χ2v) is 5.97. The van der Waals surface area contributed by atoms with Crippen molar-refractivity contribution in [2.45, 2.75) is 20.1 Å². The summed E-state index contributed by atoms with van der Waals surface area (Å²) in [7, 11) is 1.53. The van der Waals surface area contributed by atoms with Crippen LogP contribution in [-0.2, 0) is 13.2 Å². The molecule has 2 aromatic heterocycles. The topological polar surface area (TPSA) is 86.5 Å². The van der Waals surface area contributed by atoms with Crippen LogP contribution in [0.1, 0.15) is 27.5 Å². The second kappa shape index (κ2) is 7.80. The minimum Gasteiger partial charge on any atom is -0.493 e. The molecule has 1 N–H and O–H groups in total. The van der Waals surface area contributed by atoms with Gasteiger partial charge in [-0.3, -0.25) is 4.79 Å². The van der Waals surface area contributed by atoms with E-state index in [1.165, 1.54) is 18.4 Å². The summed E-state index contributed by atoms with van der Waals surface area (Å²) in [6.07, 6.45) is 0. The number of ether oxygens (including phenoxy) is 2. The Kier molecular flexibility index (Phi) is 5.30. The van der Waals surface area contributed by atoms with Gasteiger partial charge in [0.15, 0.2) is 17.3 Å². The minimum atomic E-state index is -0.238. The lowest BCUT2D eigenvalue weighted by atomic mass is 10.2. The fraction of sp³-hybridized carbons (Fsp3) is 0.235. The van der Waals surface area contributed by atoms with Gasteiger partial charge in [0.1, 0.15) is 6.61 Å². The van der Waals surface area contributed by atoms with E-state index in [1.54, 1.807) is 29.8 Å². The predicted molar refractivity (Wildman–Crippen MR) is 91.9 cm³/mol. The molecule has 0 spiro atoms. The number of aryl methyl sites for hydroxylation is 1. The minimum absolute atomic E-state index is 0.238. The SMILES string of the molecule is COc1cc(C(=O)NCc2cc(C)no2)ccc1OCc1cscn1. The van der Waals surface area contributed by atoms with Crippen LogP contribution in [0.3, 0.4) is 0 Å². The highest BCUT2D eigenvalue weighted by Gasteiger charge is 2.12. The fourth-order valence-electron chi connectivity index (χ4n) is 2.16. The van der Waals surface area contributed by atoms with Crippen molar-refractivity contribution in [2.75, 3.05) is 7.11 Å². The zero-order valence-electron chi connectivity index (χ0n) is 13.8. The Hall–Kier alpha value is -2.87. The summed E-state index contributed by atoms with van der Waals surface area (Å²) >= 11 is 1.51. The van der Waals surface area contributed by atoms with Gasteiger partial charge >= 0.3 is 0 Å². The molecular weight excluding hydrogens is 342 g/mol. The van der Waals surface area contributed by atoms with Crippen molar-refractivity contribution >= 4 is 17.2 Å². The Balaban J connectivity index is 1.64. The van der Waals surface area contributed by atoms with Crippen LogP contribution in [-0.4, -0.2) is 23.2 Å². The number of benzene rings is 1. The zero-order chi connectivity index (χ0) is 17.6. The Labute approximate surface area is 148 Å². The highest BCUT2D eigenvalue weighted by Crippen LogP contribution is 2.28. The first-order valence-corrected chi connectivity index (χ1v) is 8.48. The molecule has 0 unspecified atom stereocenters. The Morgan fingerprint density at radius 1 is 1.32 bits per heavy atom. The lowest BCUT2D eigenvalue weighted by molar-refractivity contribution is 0.0946. The summed E-state index contributed by atoms with van der Waals surface area (Å²) in [5.41, 5.74) is 3.83. The van der Waals surface area contributed by atoms with E-state index < -0.39 is 0 Å². The molecule has 0 bridgehead atoms. The summed E-state index contributed by atoms with van der Waals surface area (Å²) in [5.74, 6) is 1.40. The Morgan fingerprint density at radius 3 is 2.88 bits per heavy atom. The number of aromatic nitrogens is 2. The molecule has 0 radical (unpaired) electrons. The maximum absolute atomic E-state index is 12.3. The van der Waals surface area contributed by atoms with Crippen LogP contribution in [0.25, 0.3) is 0 Å². The molecule has 0 atom stereocenters. The van der Waals surface area contributed by atoms with Crippen LogP contribution in [0.5, 0.6) is 11.5 Å². The van der Waals surface area contributed by atoms with E-state index in [-0.39, 0.29) is 12.5 Å². The normalized spacial score (nSPS) is 10.5. The summed E-state index contributed by atoms with van der Waals surface area (Å²) in [4.78, 5) is 16.4.